The molecule has 0 aliphatic heterocycles. The third-order valence-electron chi connectivity index (χ3n) is 2.39. The third-order valence-corrected chi connectivity index (χ3v) is 2.68. The highest BCUT2D eigenvalue weighted by molar-refractivity contribution is 6.32. The van der Waals surface area contributed by atoms with Crippen molar-refractivity contribution >= 4 is 17.3 Å². The lowest BCUT2D eigenvalue weighted by Gasteiger charge is -2.09. The number of ether oxygens (including phenoxy) is 1. The monoisotopic (exact) mass is 269 g/mol. The molecule has 2 aromatic carbocycles. The van der Waals surface area contributed by atoms with Crippen LogP contribution in [0.15, 0.2) is 36.4 Å². The number of halogens is 3. The molecule has 0 bridgehead atoms. The van der Waals surface area contributed by atoms with Crippen molar-refractivity contribution in [3.63, 3.8) is 0 Å². The van der Waals surface area contributed by atoms with Crippen LogP contribution in [0.2, 0.25) is 5.02 Å². The molecule has 0 amide bonds. The molecule has 2 aromatic rings. The maximum atomic E-state index is 12.8. The molecule has 0 aromatic heterocycles. The lowest BCUT2D eigenvalue weighted by Crippen LogP contribution is -2.01. The third kappa shape index (κ3) is 2.90. The molecule has 0 radical (unpaired) electrons. The number of anilines is 1. The van der Waals surface area contributed by atoms with Gasteiger partial charge in [-0.2, -0.15) is 0 Å². The number of benzene rings is 2. The number of hydrogen-bond donors (Lipinski definition) is 1. The van der Waals surface area contributed by atoms with Crippen molar-refractivity contribution in [1.82, 2.24) is 0 Å². The van der Waals surface area contributed by atoms with Crippen molar-refractivity contribution in [2.24, 2.45) is 0 Å². The standard InChI is InChI=1S/C13H10ClF2NO/c14-11-5-9(15)3-4-13(11)18-7-8-1-2-10(16)6-12(8)17/h1-6H,7,17H2. The summed E-state index contributed by atoms with van der Waals surface area (Å²) in [5, 5.41) is 0.177. The van der Waals surface area contributed by atoms with E-state index in [-0.39, 0.29) is 11.6 Å². The van der Waals surface area contributed by atoms with Crippen LogP contribution < -0.4 is 10.5 Å². The quantitative estimate of drug-likeness (QED) is 0.861. The minimum Gasteiger partial charge on any atom is -0.487 e. The fourth-order valence-corrected chi connectivity index (χ4v) is 1.67. The zero-order chi connectivity index (χ0) is 13.1. The SMILES string of the molecule is Nc1cc(F)ccc1COc1ccc(F)cc1Cl. The molecule has 18 heavy (non-hydrogen) atoms. The van der Waals surface area contributed by atoms with Crippen LogP contribution in [0.25, 0.3) is 0 Å². The first-order valence-corrected chi connectivity index (χ1v) is 5.56. The fourth-order valence-electron chi connectivity index (χ4n) is 1.45. The molecule has 0 spiro atoms. The van der Waals surface area contributed by atoms with Crippen molar-refractivity contribution in [2.45, 2.75) is 6.61 Å². The summed E-state index contributed by atoms with van der Waals surface area (Å²) in [5.74, 6) is -0.494. The van der Waals surface area contributed by atoms with E-state index in [1.54, 1.807) is 0 Å². The minimum atomic E-state index is -0.436. The summed E-state index contributed by atoms with van der Waals surface area (Å²) in [6.45, 7) is 0.136. The minimum absolute atomic E-state index is 0.136. The molecule has 2 N–H and O–H groups in total. The van der Waals surface area contributed by atoms with Gasteiger partial charge < -0.3 is 10.5 Å². The molecule has 94 valence electrons. The highest BCUT2D eigenvalue weighted by Crippen LogP contribution is 2.26. The van der Waals surface area contributed by atoms with Gasteiger partial charge in [-0.1, -0.05) is 17.7 Å². The molecule has 0 fully saturated rings. The van der Waals surface area contributed by atoms with E-state index in [1.165, 1.54) is 30.3 Å². The van der Waals surface area contributed by atoms with Gasteiger partial charge in [-0.15, -0.1) is 0 Å². The molecule has 2 rings (SSSR count). The molecule has 5 heteroatoms. The second-order valence-corrected chi connectivity index (χ2v) is 4.11. The average molecular weight is 270 g/mol. The van der Waals surface area contributed by atoms with Crippen molar-refractivity contribution in [2.75, 3.05) is 5.73 Å². The molecule has 0 aliphatic rings. The Morgan fingerprint density at radius 2 is 1.72 bits per heavy atom. The normalized spacial score (nSPS) is 10.4. The van der Waals surface area contributed by atoms with E-state index in [0.29, 0.717) is 17.0 Å². The maximum Gasteiger partial charge on any atom is 0.138 e. The van der Waals surface area contributed by atoms with Crippen LogP contribution in [-0.4, -0.2) is 0 Å². The summed E-state index contributed by atoms with van der Waals surface area (Å²) >= 11 is 5.80. The van der Waals surface area contributed by atoms with Crippen molar-refractivity contribution in [1.29, 1.82) is 0 Å². The average Bonchev–Trinajstić information content (AvgIpc) is 2.30. The molecule has 0 atom stereocenters. The molecule has 0 heterocycles. The molecule has 0 aliphatic carbocycles. The summed E-state index contributed by atoms with van der Waals surface area (Å²) < 4.78 is 31.1. The Bertz CT molecular complexity index is 523. The van der Waals surface area contributed by atoms with Gasteiger partial charge in [0.05, 0.1) is 5.02 Å². The second-order valence-electron chi connectivity index (χ2n) is 3.71. The van der Waals surface area contributed by atoms with E-state index in [1.807, 2.05) is 0 Å². The second kappa shape index (κ2) is 5.23. The summed E-state index contributed by atoms with van der Waals surface area (Å²) in [4.78, 5) is 0. The lowest BCUT2D eigenvalue weighted by molar-refractivity contribution is 0.306. The number of hydrogen-bond acceptors (Lipinski definition) is 2. The van der Waals surface area contributed by atoms with Gasteiger partial charge >= 0.3 is 0 Å². The Morgan fingerprint density at radius 1 is 1.06 bits per heavy atom. The van der Waals surface area contributed by atoms with E-state index in [2.05, 4.69) is 0 Å². The van der Waals surface area contributed by atoms with E-state index >= 15 is 0 Å². The summed E-state index contributed by atoms with van der Waals surface area (Å²) in [6.07, 6.45) is 0. The predicted octanol–water partition coefficient (Wildman–Crippen LogP) is 3.78. The van der Waals surface area contributed by atoms with Crippen LogP contribution in [0.3, 0.4) is 0 Å². The molecule has 2 nitrogen and oxygen atoms in total. The van der Waals surface area contributed by atoms with Gasteiger partial charge in [0.2, 0.25) is 0 Å². The van der Waals surface area contributed by atoms with Gasteiger partial charge in [0.15, 0.2) is 0 Å². The molecule has 0 unspecified atom stereocenters. The Balaban J connectivity index is 2.11. The smallest absolute Gasteiger partial charge is 0.138 e. The molecular weight excluding hydrogens is 260 g/mol. The Kier molecular flexibility index (Phi) is 3.67. The molecular formula is C13H10ClF2NO. The summed E-state index contributed by atoms with van der Waals surface area (Å²) in [6, 6.07) is 7.87. The van der Waals surface area contributed by atoms with Crippen LogP contribution in [0.5, 0.6) is 5.75 Å². The summed E-state index contributed by atoms with van der Waals surface area (Å²) in [7, 11) is 0. The van der Waals surface area contributed by atoms with Crippen molar-refractivity contribution in [3.05, 3.63) is 58.6 Å². The van der Waals surface area contributed by atoms with Gasteiger partial charge in [-0.05, 0) is 30.3 Å². The van der Waals surface area contributed by atoms with Crippen molar-refractivity contribution < 1.29 is 13.5 Å². The van der Waals surface area contributed by atoms with E-state index in [9.17, 15) is 8.78 Å². The van der Waals surface area contributed by atoms with Crippen LogP contribution in [-0.2, 0) is 6.61 Å². The van der Waals surface area contributed by atoms with Gasteiger partial charge in [-0.3, -0.25) is 0 Å². The predicted molar refractivity (Wildman–Crippen MR) is 66.6 cm³/mol. The number of nitrogen functional groups attached to an aromatic ring is 1. The van der Waals surface area contributed by atoms with Crippen molar-refractivity contribution in [3.8, 4) is 5.75 Å². The fraction of sp³-hybridized carbons (Fsp3) is 0.0769. The van der Waals surface area contributed by atoms with E-state index in [0.717, 1.165) is 6.07 Å². The van der Waals surface area contributed by atoms with Crippen LogP contribution in [0.1, 0.15) is 5.56 Å². The Hall–Kier alpha value is -1.81. The van der Waals surface area contributed by atoms with Crippen LogP contribution >= 0.6 is 11.6 Å². The van der Waals surface area contributed by atoms with Gasteiger partial charge in [0.1, 0.15) is 24.0 Å². The first kappa shape index (κ1) is 12.6. The van der Waals surface area contributed by atoms with Gasteiger partial charge in [0.25, 0.3) is 0 Å². The van der Waals surface area contributed by atoms with Crippen LogP contribution in [0, 0.1) is 11.6 Å². The van der Waals surface area contributed by atoms with E-state index in [4.69, 9.17) is 22.1 Å². The zero-order valence-electron chi connectivity index (χ0n) is 9.29. The van der Waals surface area contributed by atoms with E-state index < -0.39 is 11.6 Å². The highest BCUT2D eigenvalue weighted by Gasteiger charge is 2.05. The molecule has 0 saturated carbocycles. The molecule has 0 saturated heterocycles. The Labute approximate surface area is 108 Å². The largest absolute Gasteiger partial charge is 0.487 e. The Morgan fingerprint density at radius 3 is 2.39 bits per heavy atom. The number of rotatable bonds is 3. The summed E-state index contributed by atoms with van der Waals surface area (Å²) in [5.41, 5.74) is 6.57. The number of nitrogens with two attached hydrogens (primary N) is 1. The first-order valence-electron chi connectivity index (χ1n) is 5.18. The van der Waals surface area contributed by atoms with Crippen LogP contribution in [0.4, 0.5) is 14.5 Å². The topological polar surface area (TPSA) is 35.2 Å². The van der Waals surface area contributed by atoms with Gasteiger partial charge in [-0.25, -0.2) is 8.78 Å². The first-order chi connectivity index (χ1) is 8.56. The lowest BCUT2D eigenvalue weighted by atomic mass is 10.2. The van der Waals surface area contributed by atoms with Gasteiger partial charge in [0, 0.05) is 11.3 Å². The maximum absolute atomic E-state index is 12.8. The zero-order valence-corrected chi connectivity index (χ0v) is 10.0. The highest BCUT2D eigenvalue weighted by atomic mass is 35.5.